The minimum atomic E-state index is -1.71. The largest absolute Gasteiger partial charge is 0.463 e. The van der Waals surface area contributed by atoms with E-state index < -0.39 is 43.8 Å². The maximum Gasteiger partial charge on any atom is 0.330 e. The Balaban J connectivity index is 2.27. The van der Waals surface area contributed by atoms with Gasteiger partial charge in [-0.2, -0.15) is 0 Å². The van der Waals surface area contributed by atoms with Crippen molar-refractivity contribution in [3.63, 3.8) is 0 Å². The average molecular weight is 368 g/mol. The van der Waals surface area contributed by atoms with Gasteiger partial charge >= 0.3 is 11.7 Å². The molecule has 1 aliphatic rings. The SMILES string of the molecule is CC(=O)OC[C@@H]1O[C@H](n2cc(C#C[Si](C)(C)C)c(=O)[nH]c2=O)CC1F. The van der Waals surface area contributed by atoms with Crippen LogP contribution < -0.4 is 11.2 Å². The van der Waals surface area contributed by atoms with E-state index in [1.807, 2.05) is 19.6 Å². The number of H-pyrrole nitrogens is 1. The second-order valence-corrected chi connectivity index (χ2v) is 11.6. The average Bonchev–Trinajstić information content (AvgIpc) is 2.84. The van der Waals surface area contributed by atoms with Crippen LogP contribution in [0.1, 0.15) is 25.1 Å². The first-order valence-electron chi connectivity index (χ1n) is 7.88. The number of carbonyl (C=O) groups excluding carboxylic acids is 1. The monoisotopic (exact) mass is 368 g/mol. The normalized spacial score (nSPS) is 23.0. The Labute approximate surface area is 145 Å². The summed E-state index contributed by atoms with van der Waals surface area (Å²) in [6.07, 6.45) is -2.03. The number of rotatable bonds is 3. The summed E-state index contributed by atoms with van der Waals surface area (Å²) in [6, 6.07) is 0. The van der Waals surface area contributed by atoms with Crippen molar-refractivity contribution in [3.8, 4) is 11.5 Å². The van der Waals surface area contributed by atoms with E-state index in [0.29, 0.717) is 0 Å². The lowest BCUT2D eigenvalue weighted by molar-refractivity contribution is -0.146. The van der Waals surface area contributed by atoms with Crippen LogP contribution in [0.5, 0.6) is 0 Å². The van der Waals surface area contributed by atoms with Crippen molar-refractivity contribution in [2.24, 2.45) is 0 Å². The Morgan fingerprint density at radius 2 is 2.16 bits per heavy atom. The van der Waals surface area contributed by atoms with E-state index in [1.54, 1.807) is 0 Å². The van der Waals surface area contributed by atoms with E-state index in [9.17, 15) is 18.8 Å². The van der Waals surface area contributed by atoms with E-state index in [1.165, 1.54) is 13.1 Å². The Kier molecular flexibility index (Phi) is 5.64. The highest BCUT2D eigenvalue weighted by atomic mass is 28.3. The molecule has 0 aliphatic carbocycles. The van der Waals surface area contributed by atoms with Gasteiger partial charge in [0.15, 0.2) is 0 Å². The fourth-order valence-corrected chi connectivity index (χ4v) is 2.76. The lowest BCUT2D eigenvalue weighted by Crippen LogP contribution is -2.34. The second kappa shape index (κ2) is 7.37. The molecule has 0 aromatic carbocycles. The van der Waals surface area contributed by atoms with Gasteiger partial charge in [0.05, 0.1) is 0 Å². The number of aromatic nitrogens is 2. The zero-order chi connectivity index (χ0) is 18.8. The van der Waals surface area contributed by atoms with Gasteiger partial charge in [0.25, 0.3) is 5.56 Å². The fourth-order valence-electron chi connectivity index (χ4n) is 2.25. The topological polar surface area (TPSA) is 90.4 Å². The van der Waals surface area contributed by atoms with E-state index in [4.69, 9.17) is 9.47 Å². The van der Waals surface area contributed by atoms with Gasteiger partial charge in [-0.3, -0.25) is 19.1 Å². The third-order valence-corrected chi connectivity index (χ3v) is 4.34. The van der Waals surface area contributed by atoms with Crippen molar-refractivity contribution in [1.82, 2.24) is 9.55 Å². The first-order chi connectivity index (χ1) is 11.6. The van der Waals surface area contributed by atoms with Crippen molar-refractivity contribution in [2.45, 2.75) is 51.5 Å². The molecular formula is C16H21FN2O5Si. The van der Waals surface area contributed by atoms with Crippen LogP contribution in [-0.4, -0.2) is 42.5 Å². The van der Waals surface area contributed by atoms with Gasteiger partial charge in [0.1, 0.15) is 38.7 Å². The molecule has 1 fully saturated rings. The number of halogens is 1. The van der Waals surface area contributed by atoms with Gasteiger partial charge < -0.3 is 9.47 Å². The number of esters is 1. The van der Waals surface area contributed by atoms with Crippen LogP contribution in [-0.2, 0) is 14.3 Å². The highest BCUT2D eigenvalue weighted by molar-refractivity contribution is 6.83. The molecule has 9 heteroatoms. The van der Waals surface area contributed by atoms with Crippen LogP contribution >= 0.6 is 0 Å². The molecule has 25 heavy (non-hydrogen) atoms. The molecule has 1 unspecified atom stereocenters. The van der Waals surface area contributed by atoms with Crippen LogP contribution in [0.25, 0.3) is 0 Å². The van der Waals surface area contributed by atoms with Crippen molar-refractivity contribution < 1.29 is 18.7 Å². The van der Waals surface area contributed by atoms with Crippen LogP contribution in [0.3, 0.4) is 0 Å². The van der Waals surface area contributed by atoms with E-state index in [2.05, 4.69) is 16.4 Å². The molecule has 3 atom stereocenters. The van der Waals surface area contributed by atoms with Crippen LogP contribution in [0, 0.1) is 11.5 Å². The molecule has 2 heterocycles. The minimum absolute atomic E-state index is 0.0846. The third-order valence-electron chi connectivity index (χ3n) is 3.46. The second-order valence-electron chi connectivity index (χ2n) is 6.89. The van der Waals surface area contributed by atoms with Crippen molar-refractivity contribution in [2.75, 3.05) is 6.61 Å². The highest BCUT2D eigenvalue weighted by Gasteiger charge is 2.37. The zero-order valence-corrected chi connectivity index (χ0v) is 15.6. The number of hydrogen-bond donors (Lipinski definition) is 1. The first-order valence-corrected chi connectivity index (χ1v) is 11.4. The predicted molar refractivity (Wildman–Crippen MR) is 91.6 cm³/mol. The van der Waals surface area contributed by atoms with Crippen LogP contribution in [0.15, 0.2) is 15.8 Å². The molecule has 0 saturated carbocycles. The Bertz CT molecular complexity index is 830. The molecule has 136 valence electrons. The molecule has 0 radical (unpaired) electrons. The molecule has 0 bridgehead atoms. The molecule has 0 spiro atoms. The molecule has 1 N–H and O–H groups in total. The maximum absolute atomic E-state index is 14.1. The number of hydrogen-bond acceptors (Lipinski definition) is 5. The standard InChI is InChI=1S/C16H21FN2O5Si/c1-10(20)23-9-13-12(17)7-14(24-13)19-8-11(5-6-25(2,3)4)15(21)18-16(19)22/h8,12-14H,7,9H2,1-4H3,(H,18,21,22)/t12?,13-,14-/m0/s1. The van der Waals surface area contributed by atoms with Crippen molar-refractivity contribution in [3.05, 3.63) is 32.6 Å². The quantitative estimate of drug-likeness (QED) is 0.487. The smallest absolute Gasteiger partial charge is 0.330 e. The Hall–Kier alpha value is -2.18. The van der Waals surface area contributed by atoms with Crippen LogP contribution in [0.4, 0.5) is 4.39 Å². The van der Waals surface area contributed by atoms with E-state index in [0.717, 1.165) is 4.57 Å². The fraction of sp³-hybridized carbons (Fsp3) is 0.562. The minimum Gasteiger partial charge on any atom is -0.463 e. The number of nitrogens with zero attached hydrogens (tertiary/aromatic N) is 1. The van der Waals surface area contributed by atoms with E-state index >= 15 is 0 Å². The van der Waals surface area contributed by atoms with Crippen molar-refractivity contribution in [1.29, 1.82) is 0 Å². The molecule has 1 saturated heterocycles. The Morgan fingerprint density at radius 3 is 2.76 bits per heavy atom. The zero-order valence-electron chi connectivity index (χ0n) is 14.6. The molecule has 1 aliphatic heterocycles. The molecular weight excluding hydrogens is 347 g/mol. The lowest BCUT2D eigenvalue weighted by atomic mass is 10.2. The van der Waals surface area contributed by atoms with Gasteiger partial charge in [-0.15, -0.1) is 5.54 Å². The van der Waals surface area contributed by atoms with Gasteiger partial charge in [-0.1, -0.05) is 25.6 Å². The number of alkyl halides is 1. The number of carbonyl (C=O) groups is 1. The molecule has 1 aromatic heterocycles. The predicted octanol–water partition coefficient (Wildman–Crippen LogP) is 0.954. The van der Waals surface area contributed by atoms with Gasteiger partial charge in [0, 0.05) is 19.5 Å². The first kappa shape index (κ1) is 19.1. The summed E-state index contributed by atoms with van der Waals surface area (Å²) in [5, 5.41) is 0. The Morgan fingerprint density at radius 1 is 1.48 bits per heavy atom. The molecule has 1 aromatic rings. The molecule has 2 rings (SSSR count). The summed E-state index contributed by atoms with van der Waals surface area (Å²) in [7, 11) is -1.71. The van der Waals surface area contributed by atoms with Crippen molar-refractivity contribution >= 4 is 14.0 Å². The summed E-state index contributed by atoms with van der Waals surface area (Å²) in [6.45, 7) is 7.07. The van der Waals surface area contributed by atoms with Gasteiger partial charge in [-0.05, 0) is 0 Å². The van der Waals surface area contributed by atoms with Gasteiger partial charge in [-0.25, -0.2) is 9.18 Å². The number of ether oxygens (including phenoxy) is 2. The third kappa shape index (κ3) is 5.14. The molecule has 7 nitrogen and oxygen atoms in total. The summed E-state index contributed by atoms with van der Waals surface area (Å²) in [4.78, 5) is 37.0. The lowest BCUT2D eigenvalue weighted by Gasteiger charge is -2.15. The summed E-state index contributed by atoms with van der Waals surface area (Å²) in [5.41, 5.74) is 1.89. The summed E-state index contributed by atoms with van der Waals surface area (Å²) in [5.74, 6) is 2.26. The highest BCUT2D eigenvalue weighted by Crippen LogP contribution is 2.30. The number of nitrogens with one attached hydrogen (secondary N) is 1. The van der Waals surface area contributed by atoms with Gasteiger partial charge in [0.2, 0.25) is 0 Å². The summed E-state index contributed by atoms with van der Waals surface area (Å²) < 4.78 is 25.4. The molecule has 0 amide bonds. The van der Waals surface area contributed by atoms with E-state index in [-0.39, 0.29) is 18.6 Å². The maximum atomic E-state index is 14.1. The number of aromatic amines is 1. The summed E-state index contributed by atoms with van der Waals surface area (Å²) >= 11 is 0. The van der Waals surface area contributed by atoms with Crippen LogP contribution in [0.2, 0.25) is 19.6 Å².